The van der Waals surface area contributed by atoms with Crippen LogP contribution >= 0.6 is 7.60 Å². The molecule has 2 rings (SSSR count). The molecule has 16 heavy (non-hydrogen) atoms. The van der Waals surface area contributed by atoms with Gasteiger partial charge in [0.1, 0.15) is 0 Å². The number of rotatable bonds is 1. The Morgan fingerprint density at radius 2 is 1.69 bits per heavy atom. The first-order valence-electron chi connectivity index (χ1n) is 4.19. The lowest BCUT2D eigenvalue weighted by Crippen LogP contribution is -2.08. The zero-order valence-corrected chi connectivity index (χ0v) is 8.95. The SMILES string of the molecule is N#N.O=P(O)(O)c1ccc2ccccc2n1. The molecule has 0 unspecified atom stereocenters. The fraction of sp³-hybridized carbons (Fsp3) is 0. The van der Waals surface area contributed by atoms with Gasteiger partial charge in [-0.25, -0.2) is 4.98 Å². The van der Waals surface area contributed by atoms with Gasteiger partial charge in [-0.1, -0.05) is 24.3 Å². The van der Waals surface area contributed by atoms with Gasteiger partial charge in [-0.05, 0) is 12.1 Å². The van der Waals surface area contributed by atoms with Crippen LogP contribution in [0, 0.1) is 10.8 Å². The van der Waals surface area contributed by atoms with E-state index < -0.39 is 7.60 Å². The average molecular weight is 237 g/mol. The second-order valence-corrected chi connectivity index (χ2v) is 4.45. The number of hydrogen-bond acceptors (Lipinski definition) is 4. The molecule has 1 aromatic carbocycles. The van der Waals surface area contributed by atoms with E-state index in [0.717, 1.165) is 5.39 Å². The summed E-state index contributed by atoms with van der Waals surface area (Å²) in [4.78, 5) is 21.7. The second kappa shape index (κ2) is 4.81. The molecular formula is C9H8N3O3P. The predicted molar refractivity (Wildman–Crippen MR) is 56.9 cm³/mol. The van der Waals surface area contributed by atoms with Gasteiger partial charge in [-0.2, -0.15) is 0 Å². The monoisotopic (exact) mass is 237 g/mol. The molecule has 0 aliphatic carbocycles. The van der Waals surface area contributed by atoms with Crippen molar-refractivity contribution in [2.24, 2.45) is 0 Å². The Morgan fingerprint density at radius 3 is 2.31 bits per heavy atom. The lowest BCUT2D eigenvalue weighted by atomic mass is 10.2. The highest BCUT2D eigenvalue weighted by Gasteiger charge is 2.18. The van der Waals surface area contributed by atoms with Crippen molar-refractivity contribution in [3.63, 3.8) is 0 Å². The standard InChI is InChI=1S/C9H8NO3P.N2/c11-14(12,13)9-6-5-7-3-1-2-4-8(7)10-9;1-2/h1-6H,(H2,11,12,13);. The van der Waals surface area contributed by atoms with Crippen molar-refractivity contribution >= 4 is 23.9 Å². The molecule has 82 valence electrons. The van der Waals surface area contributed by atoms with Gasteiger partial charge in [0.25, 0.3) is 0 Å². The molecule has 6 nitrogen and oxygen atoms in total. The molecule has 0 aliphatic rings. The smallest absolute Gasteiger partial charge is 0.320 e. The minimum atomic E-state index is -4.23. The number of aromatic nitrogens is 1. The minimum Gasteiger partial charge on any atom is -0.320 e. The number of pyridine rings is 1. The summed E-state index contributed by atoms with van der Waals surface area (Å²) in [5, 5.41) is 12.9. The minimum absolute atomic E-state index is 0.184. The van der Waals surface area contributed by atoms with Gasteiger partial charge in [-0.3, -0.25) is 4.57 Å². The zero-order chi connectivity index (χ0) is 12.2. The van der Waals surface area contributed by atoms with Crippen LogP contribution < -0.4 is 5.44 Å². The number of hydrogen-bond donors (Lipinski definition) is 2. The van der Waals surface area contributed by atoms with Crippen LogP contribution in [-0.2, 0) is 4.57 Å². The van der Waals surface area contributed by atoms with Gasteiger partial charge < -0.3 is 9.79 Å². The van der Waals surface area contributed by atoms with Crippen molar-refractivity contribution < 1.29 is 14.4 Å². The highest BCUT2D eigenvalue weighted by molar-refractivity contribution is 7.60. The number of para-hydroxylation sites is 1. The van der Waals surface area contributed by atoms with Crippen molar-refractivity contribution in [3.05, 3.63) is 36.4 Å². The Kier molecular flexibility index (Phi) is 3.69. The van der Waals surface area contributed by atoms with Gasteiger partial charge >= 0.3 is 7.60 Å². The maximum absolute atomic E-state index is 10.9. The van der Waals surface area contributed by atoms with Crippen LogP contribution in [0.5, 0.6) is 0 Å². The predicted octanol–water partition coefficient (Wildman–Crippen LogP) is 1.07. The molecule has 7 heteroatoms. The number of nitrogens with zero attached hydrogens (tertiary/aromatic N) is 3. The third-order valence-electron chi connectivity index (χ3n) is 1.88. The third kappa shape index (κ3) is 2.61. The summed E-state index contributed by atoms with van der Waals surface area (Å²) in [6.45, 7) is 0. The first-order chi connectivity index (χ1) is 7.57. The fourth-order valence-electron chi connectivity index (χ4n) is 1.22. The zero-order valence-electron chi connectivity index (χ0n) is 8.06. The Labute approximate surface area is 91.1 Å². The molecule has 0 spiro atoms. The van der Waals surface area contributed by atoms with E-state index in [0.29, 0.717) is 5.52 Å². The summed E-state index contributed by atoms with van der Waals surface area (Å²) in [6.07, 6.45) is 0. The van der Waals surface area contributed by atoms with E-state index in [4.69, 9.17) is 20.6 Å². The molecule has 0 atom stereocenters. The summed E-state index contributed by atoms with van der Waals surface area (Å²) in [5.74, 6) is 0. The Morgan fingerprint density at radius 1 is 1.06 bits per heavy atom. The Balaban J connectivity index is 0.000000606. The van der Waals surface area contributed by atoms with Crippen molar-refractivity contribution in [1.82, 2.24) is 4.98 Å². The molecule has 0 saturated carbocycles. The van der Waals surface area contributed by atoms with Crippen LogP contribution in [0.1, 0.15) is 0 Å². The van der Waals surface area contributed by atoms with Gasteiger partial charge in [0.2, 0.25) is 0 Å². The largest absolute Gasteiger partial charge is 0.374 e. The van der Waals surface area contributed by atoms with Crippen molar-refractivity contribution in [2.75, 3.05) is 0 Å². The summed E-state index contributed by atoms with van der Waals surface area (Å²) in [6, 6.07) is 10.2. The van der Waals surface area contributed by atoms with E-state index in [1.807, 2.05) is 12.1 Å². The molecule has 0 saturated heterocycles. The molecule has 0 bridgehead atoms. The van der Waals surface area contributed by atoms with Crippen molar-refractivity contribution in [1.29, 1.82) is 10.8 Å². The molecule has 2 N–H and O–H groups in total. The molecule has 1 aromatic heterocycles. The van der Waals surface area contributed by atoms with Crippen molar-refractivity contribution in [3.8, 4) is 0 Å². The van der Waals surface area contributed by atoms with Gasteiger partial charge in [0.15, 0.2) is 5.44 Å². The fourth-order valence-corrected chi connectivity index (χ4v) is 1.72. The molecular weight excluding hydrogens is 229 g/mol. The lowest BCUT2D eigenvalue weighted by molar-refractivity contribution is 0.386. The highest BCUT2D eigenvalue weighted by Crippen LogP contribution is 2.32. The Bertz CT molecular complexity index is 564. The molecule has 0 radical (unpaired) electrons. The van der Waals surface area contributed by atoms with Crippen LogP contribution in [0.3, 0.4) is 0 Å². The van der Waals surface area contributed by atoms with E-state index in [9.17, 15) is 4.57 Å². The first-order valence-corrected chi connectivity index (χ1v) is 5.80. The summed E-state index contributed by atoms with van der Waals surface area (Å²) in [7, 11) is -4.23. The molecule has 0 fully saturated rings. The van der Waals surface area contributed by atoms with E-state index in [2.05, 4.69) is 4.98 Å². The number of benzene rings is 1. The van der Waals surface area contributed by atoms with Crippen LogP contribution in [0.4, 0.5) is 0 Å². The van der Waals surface area contributed by atoms with Gasteiger partial charge in [0, 0.05) is 16.2 Å². The normalized spacial score (nSPS) is 10.5. The summed E-state index contributed by atoms with van der Waals surface area (Å²) in [5.41, 5.74) is 0.407. The van der Waals surface area contributed by atoms with E-state index in [-0.39, 0.29) is 5.44 Å². The molecule has 2 aromatic rings. The second-order valence-electron chi connectivity index (χ2n) is 2.91. The first kappa shape index (κ1) is 12.3. The average Bonchev–Trinajstić information content (AvgIpc) is 2.30. The molecule has 0 amide bonds. The lowest BCUT2D eigenvalue weighted by Gasteiger charge is -2.03. The van der Waals surface area contributed by atoms with E-state index in [1.54, 1.807) is 18.2 Å². The number of fused-ring (bicyclic) bond motifs is 1. The van der Waals surface area contributed by atoms with E-state index in [1.165, 1.54) is 6.07 Å². The highest BCUT2D eigenvalue weighted by atomic mass is 31.2. The maximum Gasteiger partial charge on any atom is 0.374 e. The van der Waals surface area contributed by atoms with E-state index >= 15 is 0 Å². The topological polar surface area (TPSA) is 118 Å². The third-order valence-corrected chi connectivity index (χ3v) is 2.73. The quantitative estimate of drug-likeness (QED) is 0.565. The molecule has 0 aliphatic heterocycles. The summed E-state index contributed by atoms with van der Waals surface area (Å²) < 4.78 is 10.9. The van der Waals surface area contributed by atoms with Crippen LogP contribution in [0.15, 0.2) is 36.4 Å². The van der Waals surface area contributed by atoms with Gasteiger partial charge in [0.05, 0.1) is 5.52 Å². The van der Waals surface area contributed by atoms with Crippen LogP contribution in [-0.4, -0.2) is 14.8 Å². The molecule has 1 heterocycles. The Hall–Kier alpha value is -1.80. The van der Waals surface area contributed by atoms with Crippen LogP contribution in [0.25, 0.3) is 10.9 Å². The van der Waals surface area contributed by atoms with Gasteiger partial charge in [-0.15, -0.1) is 0 Å². The summed E-state index contributed by atoms with van der Waals surface area (Å²) >= 11 is 0. The van der Waals surface area contributed by atoms with Crippen LogP contribution in [0.2, 0.25) is 0 Å². The van der Waals surface area contributed by atoms with Crippen molar-refractivity contribution in [2.45, 2.75) is 0 Å². The maximum atomic E-state index is 10.9.